The Morgan fingerprint density at radius 3 is 2.26 bits per heavy atom. The van der Waals surface area contributed by atoms with E-state index >= 15 is 0 Å². The van der Waals surface area contributed by atoms with Crippen molar-refractivity contribution in [2.24, 2.45) is 0 Å². The Kier molecular flexibility index (Phi) is 6.85. The zero-order valence-electron chi connectivity index (χ0n) is 15.5. The molecule has 2 amide bonds. The topological polar surface area (TPSA) is 58.6 Å². The zero-order valence-corrected chi connectivity index (χ0v) is 15.5. The van der Waals surface area contributed by atoms with Crippen LogP contribution < -0.4 is 10.1 Å². The molecular weight excluding hydrogens is 340 g/mol. The van der Waals surface area contributed by atoms with E-state index in [1.807, 2.05) is 65.6 Å². The Morgan fingerprint density at radius 1 is 0.963 bits per heavy atom. The van der Waals surface area contributed by atoms with Gasteiger partial charge in [-0.1, -0.05) is 48.5 Å². The second-order valence-electron chi connectivity index (χ2n) is 6.71. The van der Waals surface area contributed by atoms with Gasteiger partial charge in [0.2, 0.25) is 11.8 Å². The van der Waals surface area contributed by atoms with E-state index in [4.69, 9.17) is 4.74 Å². The van der Waals surface area contributed by atoms with E-state index < -0.39 is 6.04 Å². The van der Waals surface area contributed by atoms with Crippen LogP contribution in [0.1, 0.15) is 37.3 Å². The van der Waals surface area contributed by atoms with Crippen LogP contribution in [-0.2, 0) is 9.59 Å². The monoisotopic (exact) mass is 366 g/mol. The molecule has 0 unspecified atom stereocenters. The second kappa shape index (κ2) is 9.76. The molecule has 0 aromatic heterocycles. The predicted molar refractivity (Wildman–Crippen MR) is 104 cm³/mol. The number of carbonyl (C=O) groups is 2. The molecule has 142 valence electrons. The lowest BCUT2D eigenvalue weighted by molar-refractivity contribution is -0.135. The van der Waals surface area contributed by atoms with Crippen molar-refractivity contribution in [2.75, 3.05) is 19.7 Å². The maximum absolute atomic E-state index is 12.9. The minimum absolute atomic E-state index is 0.0208. The smallest absolute Gasteiger partial charge is 0.249 e. The van der Waals surface area contributed by atoms with E-state index in [0.29, 0.717) is 19.4 Å². The van der Waals surface area contributed by atoms with E-state index in [-0.39, 0.29) is 11.8 Å². The van der Waals surface area contributed by atoms with Gasteiger partial charge in [0.25, 0.3) is 0 Å². The first-order valence-corrected chi connectivity index (χ1v) is 9.55. The number of para-hydroxylation sites is 1. The fourth-order valence-corrected chi connectivity index (χ4v) is 3.23. The average Bonchev–Trinajstić information content (AvgIpc) is 3.25. The number of hydrogen-bond acceptors (Lipinski definition) is 3. The molecule has 2 aromatic rings. The highest BCUT2D eigenvalue weighted by Crippen LogP contribution is 2.19. The Hall–Kier alpha value is -2.82. The fourth-order valence-electron chi connectivity index (χ4n) is 3.23. The van der Waals surface area contributed by atoms with Gasteiger partial charge in [-0.3, -0.25) is 9.59 Å². The van der Waals surface area contributed by atoms with Gasteiger partial charge >= 0.3 is 0 Å². The molecule has 2 aromatic carbocycles. The van der Waals surface area contributed by atoms with Gasteiger partial charge in [-0.2, -0.15) is 0 Å². The van der Waals surface area contributed by atoms with Gasteiger partial charge in [0.05, 0.1) is 6.61 Å². The zero-order chi connectivity index (χ0) is 18.9. The molecule has 0 spiro atoms. The van der Waals surface area contributed by atoms with E-state index in [0.717, 1.165) is 37.2 Å². The number of ether oxygens (including phenoxy) is 1. The molecule has 1 saturated heterocycles. The lowest BCUT2D eigenvalue weighted by atomic mass is 10.1. The average molecular weight is 366 g/mol. The van der Waals surface area contributed by atoms with Crippen LogP contribution in [0.15, 0.2) is 60.7 Å². The standard InChI is InChI=1S/C22H26N2O3/c25-20(14-9-17-27-19-12-5-2-6-13-19)23-21(18-10-3-1-4-11-18)22(26)24-15-7-8-16-24/h1-6,10-13,21H,7-9,14-17H2,(H,23,25)/t21-/m0/s1. The molecule has 27 heavy (non-hydrogen) atoms. The van der Waals surface area contributed by atoms with Crippen LogP contribution in [0.5, 0.6) is 5.75 Å². The third-order valence-electron chi connectivity index (χ3n) is 4.66. The highest BCUT2D eigenvalue weighted by Gasteiger charge is 2.28. The molecule has 1 aliphatic rings. The molecule has 0 saturated carbocycles. The van der Waals surface area contributed by atoms with Crippen LogP contribution in [0, 0.1) is 0 Å². The number of amides is 2. The number of nitrogens with zero attached hydrogens (tertiary/aromatic N) is 1. The van der Waals surface area contributed by atoms with Crippen LogP contribution in [0.3, 0.4) is 0 Å². The van der Waals surface area contributed by atoms with E-state index in [1.165, 1.54) is 0 Å². The summed E-state index contributed by atoms with van der Waals surface area (Å²) in [6, 6.07) is 18.4. The summed E-state index contributed by atoms with van der Waals surface area (Å²) in [6.07, 6.45) is 2.97. The van der Waals surface area contributed by atoms with Crippen molar-refractivity contribution in [1.82, 2.24) is 10.2 Å². The number of rotatable bonds is 8. The fraction of sp³-hybridized carbons (Fsp3) is 0.364. The molecule has 0 bridgehead atoms. The van der Waals surface area contributed by atoms with Gasteiger partial charge in [0, 0.05) is 19.5 Å². The minimum Gasteiger partial charge on any atom is -0.494 e. The van der Waals surface area contributed by atoms with Crippen molar-refractivity contribution in [3.05, 3.63) is 66.2 Å². The van der Waals surface area contributed by atoms with Crippen molar-refractivity contribution in [1.29, 1.82) is 0 Å². The molecule has 1 heterocycles. The number of benzene rings is 2. The Morgan fingerprint density at radius 2 is 1.59 bits per heavy atom. The number of nitrogens with one attached hydrogen (secondary N) is 1. The predicted octanol–water partition coefficient (Wildman–Crippen LogP) is 3.33. The van der Waals surface area contributed by atoms with Gasteiger partial charge < -0.3 is 15.0 Å². The normalized spacial score (nSPS) is 14.6. The summed E-state index contributed by atoms with van der Waals surface area (Å²) in [5.74, 6) is 0.643. The maximum atomic E-state index is 12.9. The van der Waals surface area contributed by atoms with Crippen LogP contribution >= 0.6 is 0 Å². The van der Waals surface area contributed by atoms with Crippen molar-refractivity contribution in [3.63, 3.8) is 0 Å². The first-order valence-electron chi connectivity index (χ1n) is 9.55. The minimum atomic E-state index is -0.619. The number of likely N-dealkylation sites (tertiary alicyclic amines) is 1. The van der Waals surface area contributed by atoms with Gasteiger partial charge in [0.15, 0.2) is 0 Å². The quantitative estimate of drug-likeness (QED) is 0.729. The molecule has 3 rings (SSSR count). The summed E-state index contributed by atoms with van der Waals surface area (Å²) < 4.78 is 5.62. The van der Waals surface area contributed by atoms with Crippen molar-refractivity contribution < 1.29 is 14.3 Å². The third kappa shape index (κ3) is 5.58. The molecule has 0 aliphatic carbocycles. The molecule has 5 nitrogen and oxygen atoms in total. The summed E-state index contributed by atoms with van der Waals surface area (Å²) in [6.45, 7) is 2.00. The van der Waals surface area contributed by atoms with Crippen LogP contribution in [0.25, 0.3) is 0 Å². The van der Waals surface area contributed by atoms with E-state index in [2.05, 4.69) is 5.32 Å². The summed E-state index contributed by atoms with van der Waals surface area (Å²) in [4.78, 5) is 27.1. The molecule has 0 radical (unpaired) electrons. The summed E-state index contributed by atoms with van der Waals surface area (Å²) >= 11 is 0. The van der Waals surface area contributed by atoms with Crippen LogP contribution in [-0.4, -0.2) is 36.4 Å². The Labute approximate surface area is 160 Å². The lowest BCUT2D eigenvalue weighted by Gasteiger charge is -2.24. The Balaban J connectivity index is 1.53. The first kappa shape index (κ1) is 19.0. The second-order valence-corrected chi connectivity index (χ2v) is 6.71. The van der Waals surface area contributed by atoms with E-state index in [9.17, 15) is 9.59 Å². The van der Waals surface area contributed by atoms with Crippen molar-refractivity contribution in [3.8, 4) is 5.75 Å². The van der Waals surface area contributed by atoms with Gasteiger partial charge in [-0.15, -0.1) is 0 Å². The summed E-state index contributed by atoms with van der Waals surface area (Å²) in [5.41, 5.74) is 0.822. The molecule has 1 atom stereocenters. The SMILES string of the molecule is O=C(CCCOc1ccccc1)N[C@H](C(=O)N1CCCC1)c1ccccc1. The largest absolute Gasteiger partial charge is 0.494 e. The highest BCUT2D eigenvalue weighted by atomic mass is 16.5. The molecule has 1 aliphatic heterocycles. The van der Waals surface area contributed by atoms with Gasteiger partial charge in [-0.05, 0) is 37.0 Å². The van der Waals surface area contributed by atoms with Crippen molar-refractivity contribution in [2.45, 2.75) is 31.7 Å². The highest BCUT2D eigenvalue weighted by molar-refractivity contribution is 5.88. The lowest BCUT2D eigenvalue weighted by Crippen LogP contribution is -2.41. The third-order valence-corrected chi connectivity index (χ3v) is 4.66. The Bertz CT molecular complexity index is 728. The van der Waals surface area contributed by atoms with Gasteiger partial charge in [-0.25, -0.2) is 0 Å². The molecule has 1 fully saturated rings. The maximum Gasteiger partial charge on any atom is 0.249 e. The molecule has 5 heteroatoms. The number of hydrogen-bond donors (Lipinski definition) is 1. The van der Waals surface area contributed by atoms with Crippen LogP contribution in [0.4, 0.5) is 0 Å². The number of carbonyl (C=O) groups excluding carboxylic acids is 2. The summed E-state index contributed by atoms with van der Waals surface area (Å²) in [5, 5.41) is 2.92. The molecular formula is C22H26N2O3. The van der Waals surface area contributed by atoms with Crippen LogP contribution in [0.2, 0.25) is 0 Å². The summed E-state index contributed by atoms with van der Waals surface area (Å²) in [7, 11) is 0. The van der Waals surface area contributed by atoms with Gasteiger partial charge in [0.1, 0.15) is 11.8 Å². The van der Waals surface area contributed by atoms with Crippen molar-refractivity contribution >= 4 is 11.8 Å². The molecule has 1 N–H and O–H groups in total. The first-order chi connectivity index (χ1) is 13.2. The van der Waals surface area contributed by atoms with E-state index in [1.54, 1.807) is 0 Å².